The first-order valence-electron chi connectivity index (χ1n) is 6.48. The number of piperidine rings is 1. The molecule has 7 heteroatoms. The van der Waals surface area contributed by atoms with Crippen molar-refractivity contribution in [2.45, 2.75) is 25.3 Å². The first kappa shape index (κ1) is 14.3. The van der Waals surface area contributed by atoms with Gasteiger partial charge in [0.15, 0.2) is 0 Å². The van der Waals surface area contributed by atoms with Crippen molar-refractivity contribution in [2.24, 2.45) is 0 Å². The van der Waals surface area contributed by atoms with Crippen LogP contribution in [-0.2, 0) is 4.79 Å². The van der Waals surface area contributed by atoms with E-state index in [1.807, 2.05) is 0 Å². The maximum atomic E-state index is 12.1. The topological polar surface area (TPSA) is 93.5 Å². The summed E-state index contributed by atoms with van der Waals surface area (Å²) in [6.45, 7) is 0.810. The number of carbonyl (C=O) groups is 1. The number of ether oxygens (including phenoxy) is 1. The number of nitrogens with zero attached hydrogens (tertiary/aromatic N) is 1. The lowest BCUT2D eigenvalue weighted by Crippen LogP contribution is -2.43. The predicted molar refractivity (Wildman–Crippen MR) is 73.9 cm³/mol. The molecule has 108 valence electrons. The van der Waals surface area contributed by atoms with Gasteiger partial charge in [0.25, 0.3) is 5.69 Å². The van der Waals surface area contributed by atoms with Gasteiger partial charge >= 0.3 is 0 Å². The van der Waals surface area contributed by atoms with Gasteiger partial charge in [0.1, 0.15) is 5.75 Å². The van der Waals surface area contributed by atoms with Gasteiger partial charge in [-0.25, -0.2) is 0 Å². The molecule has 2 N–H and O–H groups in total. The Kier molecular flexibility index (Phi) is 4.52. The van der Waals surface area contributed by atoms with Crippen molar-refractivity contribution in [3.05, 3.63) is 28.3 Å². The number of anilines is 1. The number of amides is 1. The highest BCUT2D eigenvalue weighted by molar-refractivity contribution is 5.96. The minimum absolute atomic E-state index is 0.0855. The third kappa shape index (κ3) is 3.24. The van der Waals surface area contributed by atoms with E-state index in [9.17, 15) is 14.9 Å². The highest BCUT2D eigenvalue weighted by atomic mass is 16.6. The number of methoxy groups -OCH3 is 1. The SMILES string of the molecule is COc1ccc([N+](=O)[O-])cc1NC(=O)C1CCCCN1. The highest BCUT2D eigenvalue weighted by Crippen LogP contribution is 2.29. The third-order valence-corrected chi connectivity index (χ3v) is 3.28. The summed E-state index contributed by atoms with van der Waals surface area (Å²) in [7, 11) is 1.45. The Bertz CT molecular complexity index is 512. The Labute approximate surface area is 116 Å². The molecule has 0 bridgehead atoms. The normalized spacial score (nSPS) is 18.4. The summed E-state index contributed by atoms with van der Waals surface area (Å²) in [6, 6.07) is 3.86. The molecule has 20 heavy (non-hydrogen) atoms. The van der Waals surface area contributed by atoms with E-state index in [2.05, 4.69) is 10.6 Å². The zero-order valence-corrected chi connectivity index (χ0v) is 11.2. The lowest BCUT2D eigenvalue weighted by atomic mass is 10.0. The van der Waals surface area contributed by atoms with Gasteiger partial charge in [-0.15, -0.1) is 0 Å². The minimum Gasteiger partial charge on any atom is -0.495 e. The van der Waals surface area contributed by atoms with Gasteiger partial charge < -0.3 is 15.4 Å². The molecule has 0 aliphatic carbocycles. The molecule has 2 rings (SSSR count). The highest BCUT2D eigenvalue weighted by Gasteiger charge is 2.22. The number of nitrogens with one attached hydrogen (secondary N) is 2. The van der Waals surface area contributed by atoms with Crippen LogP contribution in [0.4, 0.5) is 11.4 Å². The van der Waals surface area contributed by atoms with Gasteiger partial charge in [0.05, 0.1) is 23.8 Å². The summed E-state index contributed by atoms with van der Waals surface area (Å²) >= 11 is 0. The number of hydrogen-bond donors (Lipinski definition) is 2. The van der Waals surface area contributed by atoms with Crippen LogP contribution in [0.25, 0.3) is 0 Å². The Morgan fingerprint density at radius 3 is 2.90 bits per heavy atom. The summed E-state index contributed by atoms with van der Waals surface area (Å²) < 4.78 is 5.11. The van der Waals surface area contributed by atoms with Gasteiger partial charge in [-0.1, -0.05) is 6.42 Å². The number of rotatable bonds is 4. The summed E-state index contributed by atoms with van der Waals surface area (Å²) in [5.41, 5.74) is 0.233. The van der Waals surface area contributed by atoms with Crippen molar-refractivity contribution in [3.63, 3.8) is 0 Å². The summed E-state index contributed by atoms with van der Waals surface area (Å²) in [4.78, 5) is 22.4. The first-order valence-corrected chi connectivity index (χ1v) is 6.48. The van der Waals surface area contributed by atoms with Crippen LogP contribution in [0.1, 0.15) is 19.3 Å². The number of hydrogen-bond acceptors (Lipinski definition) is 5. The van der Waals surface area contributed by atoms with Gasteiger partial charge in [0.2, 0.25) is 5.91 Å². The molecular formula is C13H17N3O4. The molecule has 1 aromatic rings. The predicted octanol–water partition coefficient (Wildman–Crippen LogP) is 1.68. The van der Waals surface area contributed by atoms with E-state index < -0.39 is 4.92 Å². The van der Waals surface area contributed by atoms with E-state index in [0.29, 0.717) is 11.4 Å². The van der Waals surface area contributed by atoms with Gasteiger partial charge in [-0.2, -0.15) is 0 Å². The van der Waals surface area contributed by atoms with Crippen LogP contribution in [-0.4, -0.2) is 30.5 Å². The standard InChI is InChI=1S/C13H17N3O4/c1-20-12-6-5-9(16(18)19)8-11(12)15-13(17)10-4-2-3-7-14-10/h5-6,8,10,14H,2-4,7H2,1H3,(H,15,17). The molecule has 1 heterocycles. The molecule has 1 saturated heterocycles. The van der Waals surface area contributed by atoms with Crippen LogP contribution in [0.2, 0.25) is 0 Å². The maximum absolute atomic E-state index is 12.1. The molecule has 0 radical (unpaired) electrons. The fourth-order valence-electron chi connectivity index (χ4n) is 2.20. The van der Waals surface area contributed by atoms with Gasteiger partial charge in [0, 0.05) is 12.1 Å². The molecular weight excluding hydrogens is 262 g/mol. The average Bonchev–Trinajstić information content (AvgIpc) is 2.48. The monoisotopic (exact) mass is 279 g/mol. The second-order valence-corrected chi connectivity index (χ2v) is 4.63. The molecule has 0 spiro atoms. The van der Waals surface area contributed by atoms with Gasteiger partial charge in [-0.05, 0) is 25.5 Å². The molecule has 1 amide bonds. The summed E-state index contributed by atoms with van der Waals surface area (Å²) in [6.07, 6.45) is 2.82. The Morgan fingerprint density at radius 1 is 1.50 bits per heavy atom. The Balaban J connectivity index is 2.15. The number of nitro groups is 1. The fourth-order valence-corrected chi connectivity index (χ4v) is 2.20. The van der Waals surface area contributed by atoms with Crippen molar-refractivity contribution < 1.29 is 14.5 Å². The second kappa shape index (κ2) is 6.33. The lowest BCUT2D eigenvalue weighted by molar-refractivity contribution is -0.384. The van der Waals surface area contributed by atoms with Crippen molar-refractivity contribution in [1.82, 2.24) is 5.32 Å². The van der Waals surface area contributed by atoms with E-state index in [1.54, 1.807) is 0 Å². The van der Waals surface area contributed by atoms with Crippen LogP contribution in [0, 0.1) is 10.1 Å². The van der Waals surface area contributed by atoms with E-state index in [-0.39, 0.29) is 17.6 Å². The molecule has 1 fully saturated rings. The first-order chi connectivity index (χ1) is 9.61. The fraction of sp³-hybridized carbons (Fsp3) is 0.462. The molecule has 1 aliphatic heterocycles. The largest absolute Gasteiger partial charge is 0.495 e. The van der Waals surface area contributed by atoms with Crippen molar-refractivity contribution >= 4 is 17.3 Å². The van der Waals surface area contributed by atoms with E-state index in [0.717, 1.165) is 25.8 Å². The van der Waals surface area contributed by atoms with Crippen molar-refractivity contribution in [2.75, 3.05) is 19.0 Å². The Morgan fingerprint density at radius 2 is 2.30 bits per heavy atom. The Hall–Kier alpha value is -2.15. The molecule has 7 nitrogen and oxygen atoms in total. The molecule has 1 atom stereocenters. The average molecular weight is 279 g/mol. The number of nitro benzene ring substituents is 1. The molecule has 1 aliphatic rings. The molecule has 1 unspecified atom stereocenters. The number of benzene rings is 1. The zero-order chi connectivity index (χ0) is 14.5. The summed E-state index contributed by atoms with van der Waals surface area (Å²) in [5.74, 6) is 0.211. The number of non-ortho nitro benzene ring substituents is 1. The van der Waals surface area contributed by atoms with Crippen molar-refractivity contribution in [3.8, 4) is 5.75 Å². The van der Waals surface area contributed by atoms with Crippen LogP contribution >= 0.6 is 0 Å². The minimum atomic E-state index is -0.506. The van der Waals surface area contributed by atoms with Crippen LogP contribution in [0.5, 0.6) is 5.75 Å². The quantitative estimate of drug-likeness (QED) is 0.646. The van der Waals surface area contributed by atoms with E-state index in [1.165, 1.54) is 25.3 Å². The second-order valence-electron chi connectivity index (χ2n) is 4.63. The van der Waals surface area contributed by atoms with Crippen LogP contribution in [0.3, 0.4) is 0 Å². The molecule has 1 aromatic carbocycles. The van der Waals surface area contributed by atoms with Gasteiger partial charge in [-0.3, -0.25) is 14.9 Å². The lowest BCUT2D eigenvalue weighted by Gasteiger charge is -2.22. The maximum Gasteiger partial charge on any atom is 0.271 e. The van der Waals surface area contributed by atoms with E-state index in [4.69, 9.17) is 4.74 Å². The summed E-state index contributed by atoms with van der Waals surface area (Å²) in [5, 5.41) is 16.6. The van der Waals surface area contributed by atoms with Crippen LogP contribution in [0.15, 0.2) is 18.2 Å². The molecule has 0 aromatic heterocycles. The molecule has 0 saturated carbocycles. The van der Waals surface area contributed by atoms with Crippen LogP contribution < -0.4 is 15.4 Å². The zero-order valence-electron chi connectivity index (χ0n) is 11.2. The third-order valence-electron chi connectivity index (χ3n) is 3.28. The van der Waals surface area contributed by atoms with Crippen molar-refractivity contribution in [1.29, 1.82) is 0 Å². The number of carbonyl (C=O) groups excluding carboxylic acids is 1. The smallest absolute Gasteiger partial charge is 0.271 e. The van der Waals surface area contributed by atoms with E-state index >= 15 is 0 Å².